The van der Waals surface area contributed by atoms with Gasteiger partial charge in [-0.05, 0) is 63.1 Å². The van der Waals surface area contributed by atoms with Crippen LogP contribution in [-0.2, 0) is 0 Å². The molecule has 0 radical (unpaired) electrons. The number of hydrogen-bond donors (Lipinski definition) is 2. The fraction of sp³-hybridized carbons (Fsp3) is 0.333. The predicted octanol–water partition coefficient (Wildman–Crippen LogP) is 4.40. The maximum absolute atomic E-state index is 5.92. The number of H-pyrrole nitrogens is 1. The Bertz CT molecular complexity index is 832. The van der Waals surface area contributed by atoms with Crippen LogP contribution in [0.4, 0.5) is 5.69 Å². The lowest BCUT2D eigenvalue weighted by atomic mass is 9.95. The summed E-state index contributed by atoms with van der Waals surface area (Å²) in [5.74, 6) is 0. The highest BCUT2D eigenvalue weighted by Gasteiger charge is 2.39. The van der Waals surface area contributed by atoms with Crippen molar-refractivity contribution in [3.63, 3.8) is 0 Å². The van der Waals surface area contributed by atoms with E-state index in [4.69, 9.17) is 5.73 Å². The molecule has 0 saturated carbocycles. The molecule has 2 aromatic rings. The Balaban J connectivity index is 2.35. The molecule has 1 unspecified atom stereocenters. The molecule has 0 amide bonds. The van der Waals surface area contributed by atoms with E-state index in [1.165, 1.54) is 39.4 Å². The molecular weight excluding hydrogens is 294 g/mol. The molecule has 1 aromatic heterocycles. The molecule has 0 saturated heterocycles. The van der Waals surface area contributed by atoms with Gasteiger partial charge in [0.05, 0.1) is 25.4 Å². The van der Waals surface area contributed by atoms with Crippen LogP contribution in [0.1, 0.15) is 36.4 Å². The van der Waals surface area contributed by atoms with E-state index in [0.717, 1.165) is 10.2 Å². The Hall–Kier alpha value is -2.26. The van der Waals surface area contributed by atoms with E-state index in [1.54, 1.807) is 0 Å². The number of nitrogens with two attached hydrogens (primary N) is 1. The van der Waals surface area contributed by atoms with Crippen molar-refractivity contribution in [1.82, 2.24) is 4.98 Å². The van der Waals surface area contributed by atoms with Crippen LogP contribution in [0.5, 0.6) is 0 Å². The molecule has 126 valence electrons. The normalized spacial score (nSPS) is 21.8. The van der Waals surface area contributed by atoms with Crippen LogP contribution in [0.25, 0.3) is 5.57 Å². The standard InChI is InChI=1S/C21H28N3/c1-13-11-15(3)23-20(13)19(17-7-9-18(22)10-8-17)21-14(2)12-16(4)24(21,5)6/h7-12,16,23H,22H2,1-6H3/q+1/b21-19-. The van der Waals surface area contributed by atoms with Crippen molar-refractivity contribution in [3.05, 3.63) is 70.2 Å². The molecule has 0 fully saturated rings. The number of anilines is 1. The highest BCUT2D eigenvalue weighted by molar-refractivity contribution is 5.84. The van der Waals surface area contributed by atoms with Crippen molar-refractivity contribution in [2.75, 3.05) is 19.8 Å². The quantitative estimate of drug-likeness (QED) is 0.624. The summed E-state index contributed by atoms with van der Waals surface area (Å²) in [5, 5.41) is 0. The van der Waals surface area contributed by atoms with E-state index < -0.39 is 0 Å². The van der Waals surface area contributed by atoms with Gasteiger partial charge < -0.3 is 10.7 Å². The molecule has 3 heteroatoms. The van der Waals surface area contributed by atoms with E-state index in [9.17, 15) is 0 Å². The number of likely N-dealkylation sites (N-methyl/N-ethyl adjacent to an activating group) is 1. The lowest BCUT2D eigenvalue weighted by Gasteiger charge is -2.33. The lowest BCUT2D eigenvalue weighted by molar-refractivity contribution is -0.861. The maximum Gasteiger partial charge on any atom is 0.145 e. The molecule has 0 aliphatic carbocycles. The second kappa shape index (κ2) is 5.67. The van der Waals surface area contributed by atoms with Crippen molar-refractivity contribution < 1.29 is 4.48 Å². The molecule has 1 atom stereocenters. The van der Waals surface area contributed by atoms with Crippen LogP contribution in [-0.4, -0.2) is 29.6 Å². The number of nitrogen functional groups attached to an aromatic ring is 1. The Morgan fingerprint density at radius 2 is 1.71 bits per heavy atom. The predicted molar refractivity (Wildman–Crippen MR) is 102 cm³/mol. The number of hydrogen-bond acceptors (Lipinski definition) is 1. The van der Waals surface area contributed by atoms with Crippen LogP contribution >= 0.6 is 0 Å². The van der Waals surface area contributed by atoms with E-state index >= 15 is 0 Å². The fourth-order valence-corrected chi connectivity index (χ4v) is 3.81. The number of aryl methyl sites for hydroxylation is 2. The van der Waals surface area contributed by atoms with Gasteiger partial charge in [0, 0.05) is 17.0 Å². The fourth-order valence-electron chi connectivity index (χ4n) is 3.81. The number of rotatable bonds is 2. The number of benzene rings is 1. The summed E-state index contributed by atoms with van der Waals surface area (Å²) in [6.45, 7) is 8.79. The molecule has 3 N–H and O–H groups in total. The summed E-state index contributed by atoms with van der Waals surface area (Å²) < 4.78 is 0.850. The number of nitrogens with one attached hydrogen (secondary N) is 1. The summed E-state index contributed by atoms with van der Waals surface area (Å²) in [5.41, 5.74) is 15.6. The summed E-state index contributed by atoms with van der Waals surface area (Å²) in [7, 11) is 4.57. The van der Waals surface area contributed by atoms with Gasteiger partial charge >= 0.3 is 0 Å². The number of aromatic amines is 1. The maximum atomic E-state index is 5.92. The van der Waals surface area contributed by atoms with Crippen LogP contribution in [0, 0.1) is 13.8 Å². The van der Waals surface area contributed by atoms with Crippen LogP contribution in [0.2, 0.25) is 0 Å². The first-order valence-electron chi connectivity index (χ1n) is 8.51. The van der Waals surface area contributed by atoms with Crippen LogP contribution < -0.4 is 5.73 Å². The third-order valence-corrected chi connectivity index (χ3v) is 5.29. The Kier molecular flexibility index (Phi) is 3.92. The summed E-state index contributed by atoms with van der Waals surface area (Å²) in [6.07, 6.45) is 2.37. The second-order valence-corrected chi connectivity index (χ2v) is 7.49. The number of allylic oxidation sites excluding steroid dienone is 1. The molecule has 0 spiro atoms. The van der Waals surface area contributed by atoms with Crippen LogP contribution in [0.3, 0.4) is 0 Å². The number of nitrogens with zero attached hydrogens (tertiary/aromatic N) is 1. The van der Waals surface area contributed by atoms with Gasteiger partial charge in [0.15, 0.2) is 0 Å². The number of quaternary nitrogens is 1. The second-order valence-electron chi connectivity index (χ2n) is 7.49. The van der Waals surface area contributed by atoms with Crippen LogP contribution in [0.15, 0.2) is 47.7 Å². The van der Waals surface area contributed by atoms with Gasteiger partial charge in [-0.2, -0.15) is 0 Å². The molecule has 24 heavy (non-hydrogen) atoms. The lowest BCUT2D eigenvalue weighted by Crippen LogP contribution is -2.42. The molecule has 3 rings (SSSR count). The van der Waals surface area contributed by atoms with E-state index in [2.05, 4.69) is 71.0 Å². The Labute approximate surface area is 145 Å². The van der Waals surface area contributed by atoms with E-state index in [-0.39, 0.29) is 0 Å². The summed E-state index contributed by atoms with van der Waals surface area (Å²) in [6, 6.07) is 10.9. The first-order valence-corrected chi connectivity index (χ1v) is 8.51. The highest BCUT2D eigenvalue weighted by Crippen LogP contribution is 2.41. The zero-order valence-electron chi connectivity index (χ0n) is 15.6. The first kappa shape index (κ1) is 16.6. The minimum absolute atomic E-state index is 0.458. The molecule has 1 aliphatic heterocycles. The highest BCUT2D eigenvalue weighted by atomic mass is 15.4. The van der Waals surface area contributed by atoms with Crippen molar-refractivity contribution >= 4 is 11.3 Å². The smallest absolute Gasteiger partial charge is 0.145 e. The SMILES string of the molecule is CC1=CC(C)[N+](C)(C)/C1=C(/c1ccc(N)cc1)c1[nH]c(C)cc1C. The van der Waals surface area contributed by atoms with Crippen molar-refractivity contribution in [2.45, 2.75) is 33.7 Å². The largest absolute Gasteiger partial charge is 0.399 e. The van der Waals surface area contributed by atoms with Gasteiger partial charge in [-0.25, -0.2) is 0 Å². The van der Waals surface area contributed by atoms with Gasteiger partial charge in [-0.3, -0.25) is 4.48 Å². The molecule has 2 heterocycles. The average molecular weight is 322 g/mol. The summed E-state index contributed by atoms with van der Waals surface area (Å²) >= 11 is 0. The summed E-state index contributed by atoms with van der Waals surface area (Å²) in [4.78, 5) is 3.58. The van der Waals surface area contributed by atoms with Gasteiger partial charge in [-0.1, -0.05) is 12.1 Å². The minimum Gasteiger partial charge on any atom is -0.399 e. The van der Waals surface area contributed by atoms with E-state index in [1.807, 2.05) is 12.1 Å². The van der Waals surface area contributed by atoms with Crippen molar-refractivity contribution in [3.8, 4) is 0 Å². The Morgan fingerprint density at radius 3 is 2.17 bits per heavy atom. The van der Waals surface area contributed by atoms with Gasteiger partial charge in [0.2, 0.25) is 0 Å². The third-order valence-electron chi connectivity index (χ3n) is 5.29. The number of aromatic nitrogens is 1. The molecular formula is C21H28N3+. The van der Waals surface area contributed by atoms with Crippen molar-refractivity contribution in [1.29, 1.82) is 0 Å². The van der Waals surface area contributed by atoms with E-state index in [0.29, 0.717) is 6.04 Å². The van der Waals surface area contributed by atoms with Gasteiger partial charge in [0.1, 0.15) is 11.7 Å². The molecule has 1 aliphatic rings. The average Bonchev–Trinajstić information content (AvgIpc) is 2.92. The zero-order valence-corrected chi connectivity index (χ0v) is 15.6. The monoisotopic (exact) mass is 322 g/mol. The molecule has 3 nitrogen and oxygen atoms in total. The topological polar surface area (TPSA) is 41.8 Å². The van der Waals surface area contributed by atoms with Gasteiger partial charge in [-0.15, -0.1) is 0 Å². The minimum atomic E-state index is 0.458. The zero-order chi connectivity index (χ0) is 17.6. The third kappa shape index (κ3) is 2.59. The molecule has 0 bridgehead atoms. The first-order chi connectivity index (χ1) is 11.2. The van der Waals surface area contributed by atoms with Gasteiger partial charge in [0.25, 0.3) is 0 Å². The van der Waals surface area contributed by atoms with Crippen molar-refractivity contribution in [2.24, 2.45) is 0 Å². The Morgan fingerprint density at radius 1 is 1.08 bits per heavy atom. The molecule has 1 aromatic carbocycles.